The largest absolute Gasteiger partial charge is 0.394 e. The average Bonchev–Trinajstić information content (AvgIpc) is 2.88. The molecular formula is C13H14FN3O2. The fourth-order valence-corrected chi connectivity index (χ4v) is 1.56. The van der Waals surface area contributed by atoms with Gasteiger partial charge in [-0.1, -0.05) is 17.3 Å². The molecule has 0 aliphatic rings. The van der Waals surface area contributed by atoms with Crippen LogP contribution in [0.3, 0.4) is 0 Å². The minimum atomic E-state index is -0.411. The molecule has 2 aromatic rings. The zero-order valence-electron chi connectivity index (χ0n) is 10.7. The molecular weight excluding hydrogens is 249 g/mol. The highest BCUT2D eigenvalue weighted by Gasteiger charge is 2.14. The Morgan fingerprint density at radius 2 is 2.16 bits per heavy atom. The van der Waals surface area contributed by atoms with Crippen molar-refractivity contribution in [3.63, 3.8) is 0 Å². The summed E-state index contributed by atoms with van der Waals surface area (Å²) in [7, 11) is 1.56. The van der Waals surface area contributed by atoms with Gasteiger partial charge in [-0.15, -0.1) is 0 Å². The van der Waals surface area contributed by atoms with Crippen molar-refractivity contribution in [2.45, 2.75) is 6.92 Å². The van der Waals surface area contributed by atoms with E-state index in [1.807, 2.05) is 0 Å². The molecule has 0 aliphatic carbocycles. The summed E-state index contributed by atoms with van der Waals surface area (Å²) in [6.07, 6.45) is 0. The second-order valence-corrected chi connectivity index (χ2v) is 4.03. The average molecular weight is 263 g/mol. The molecule has 5 nitrogen and oxygen atoms in total. The lowest BCUT2D eigenvalue weighted by atomic mass is 10.2. The third-order valence-electron chi connectivity index (χ3n) is 2.59. The van der Waals surface area contributed by atoms with Gasteiger partial charge in [-0.2, -0.15) is 4.98 Å². The molecule has 0 fully saturated rings. The molecule has 0 bridgehead atoms. The highest BCUT2D eigenvalue weighted by molar-refractivity contribution is 5.62. The monoisotopic (exact) mass is 263 g/mol. The molecule has 6 heteroatoms. The van der Waals surface area contributed by atoms with Crippen LogP contribution in [0.15, 0.2) is 34.4 Å². The van der Waals surface area contributed by atoms with E-state index in [2.05, 4.69) is 10.1 Å². The normalized spacial score (nSPS) is 12.4. The first-order valence-corrected chi connectivity index (χ1v) is 5.66. The minimum Gasteiger partial charge on any atom is -0.394 e. The second kappa shape index (κ2) is 5.62. The predicted octanol–water partition coefficient (Wildman–Crippen LogP) is 2.21. The summed E-state index contributed by atoms with van der Waals surface area (Å²) in [4.78, 5) is 4.09. The Hall–Kier alpha value is -2.21. The van der Waals surface area contributed by atoms with Crippen molar-refractivity contribution in [3.05, 3.63) is 41.5 Å². The number of nitrogens with two attached hydrogens (primary N) is 1. The maximum Gasteiger partial charge on any atom is 0.274 e. The van der Waals surface area contributed by atoms with Crippen LogP contribution in [-0.4, -0.2) is 23.9 Å². The van der Waals surface area contributed by atoms with Gasteiger partial charge < -0.3 is 15.0 Å². The third-order valence-corrected chi connectivity index (χ3v) is 2.59. The summed E-state index contributed by atoms with van der Waals surface area (Å²) in [5.41, 5.74) is 7.25. The summed E-state index contributed by atoms with van der Waals surface area (Å²) in [6.45, 7) is 2.16. The summed E-state index contributed by atoms with van der Waals surface area (Å²) >= 11 is 0. The van der Waals surface area contributed by atoms with Crippen molar-refractivity contribution in [2.24, 2.45) is 5.73 Å². The number of halogens is 1. The molecule has 2 N–H and O–H groups in total. The van der Waals surface area contributed by atoms with Gasteiger partial charge >= 0.3 is 0 Å². The molecule has 0 saturated carbocycles. The maximum atomic E-state index is 13.6. The highest BCUT2D eigenvalue weighted by atomic mass is 19.1. The number of rotatable bonds is 4. The first-order valence-electron chi connectivity index (χ1n) is 5.66. The minimum absolute atomic E-state index is 0.160. The van der Waals surface area contributed by atoms with Crippen LogP contribution in [0.1, 0.15) is 12.8 Å². The van der Waals surface area contributed by atoms with Gasteiger partial charge in [-0.25, -0.2) is 4.39 Å². The molecule has 0 saturated heterocycles. The van der Waals surface area contributed by atoms with Gasteiger partial charge in [0.1, 0.15) is 5.82 Å². The van der Waals surface area contributed by atoms with Gasteiger partial charge in [-0.3, -0.25) is 0 Å². The molecule has 1 aromatic carbocycles. The summed E-state index contributed by atoms with van der Waals surface area (Å²) < 4.78 is 23.6. The Kier molecular flexibility index (Phi) is 3.91. The van der Waals surface area contributed by atoms with E-state index in [-0.39, 0.29) is 17.3 Å². The molecule has 1 aromatic heterocycles. The molecule has 0 unspecified atom stereocenters. The molecule has 0 atom stereocenters. The van der Waals surface area contributed by atoms with Gasteiger partial charge in [0.15, 0.2) is 0 Å². The van der Waals surface area contributed by atoms with E-state index in [1.54, 1.807) is 32.2 Å². The second-order valence-electron chi connectivity index (χ2n) is 4.03. The third kappa shape index (κ3) is 2.79. The lowest BCUT2D eigenvalue weighted by Gasteiger charge is -2.01. The van der Waals surface area contributed by atoms with Crippen molar-refractivity contribution in [1.29, 1.82) is 0 Å². The van der Waals surface area contributed by atoms with Gasteiger partial charge in [0.2, 0.25) is 5.82 Å². The lowest BCUT2D eigenvalue weighted by molar-refractivity contribution is 0.226. The molecule has 0 aliphatic heterocycles. The van der Waals surface area contributed by atoms with Crippen molar-refractivity contribution < 1.29 is 13.7 Å². The highest BCUT2D eigenvalue weighted by Crippen LogP contribution is 2.21. The van der Waals surface area contributed by atoms with Crippen LogP contribution in [0.5, 0.6) is 0 Å². The number of hydrogen-bond acceptors (Lipinski definition) is 5. The number of aromatic nitrogens is 2. The van der Waals surface area contributed by atoms with E-state index in [9.17, 15) is 4.39 Å². The quantitative estimate of drug-likeness (QED) is 0.915. The summed E-state index contributed by atoms with van der Waals surface area (Å²) in [5.74, 6) is -0.0833. The molecule has 0 radical (unpaired) electrons. The van der Waals surface area contributed by atoms with E-state index in [0.29, 0.717) is 12.3 Å². The van der Waals surface area contributed by atoms with Crippen LogP contribution in [0.25, 0.3) is 17.1 Å². The fourth-order valence-electron chi connectivity index (χ4n) is 1.56. The molecule has 0 amide bonds. The van der Waals surface area contributed by atoms with Crippen molar-refractivity contribution in [1.82, 2.24) is 10.1 Å². The molecule has 2 rings (SSSR count). The number of benzene rings is 1. The Morgan fingerprint density at radius 3 is 2.84 bits per heavy atom. The molecule has 100 valence electrons. The standard InChI is InChI=1S/C13H14FN3O2/c1-8(7-18-2)11(15)13-16-12(17-19-13)9-5-3-4-6-10(9)14/h3-6H,7,15H2,1-2H3/b11-8+. The zero-order valence-corrected chi connectivity index (χ0v) is 10.7. The lowest BCUT2D eigenvalue weighted by Crippen LogP contribution is -2.04. The van der Waals surface area contributed by atoms with Crippen LogP contribution in [0, 0.1) is 5.82 Å². The SMILES string of the molecule is COC/C(C)=C(/N)c1nc(-c2ccccc2F)no1. The zero-order chi connectivity index (χ0) is 13.8. The van der Waals surface area contributed by atoms with Crippen LogP contribution >= 0.6 is 0 Å². The Morgan fingerprint density at radius 1 is 1.42 bits per heavy atom. The fraction of sp³-hybridized carbons (Fsp3) is 0.231. The van der Waals surface area contributed by atoms with Gasteiger partial charge in [-0.05, 0) is 24.6 Å². The number of methoxy groups -OCH3 is 1. The van der Waals surface area contributed by atoms with Crippen molar-refractivity contribution in [2.75, 3.05) is 13.7 Å². The number of ether oxygens (including phenoxy) is 1. The Balaban J connectivity index is 2.35. The van der Waals surface area contributed by atoms with Crippen LogP contribution in [0.2, 0.25) is 0 Å². The number of nitrogens with zero attached hydrogens (tertiary/aromatic N) is 2. The Bertz CT molecular complexity index is 607. The van der Waals surface area contributed by atoms with Crippen molar-refractivity contribution >= 4 is 5.70 Å². The molecule has 19 heavy (non-hydrogen) atoms. The van der Waals surface area contributed by atoms with Gasteiger partial charge in [0.05, 0.1) is 17.9 Å². The maximum absolute atomic E-state index is 13.6. The van der Waals surface area contributed by atoms with Gasteiger partial charge in [0, 0.05) is 7.11 Å². The molecule has 1 heterocycles. The molecule has 0 spiro atoms. The first kappa shape index (κ1) is 13.2. The topological polar surface area (TPSA) is 74.2 Å². The van der Waals surface area contributed by atoms with E-state index >= 15 is 0 Å². The van der Waals surface area contributed by atoms with E-state index < -0.39 is 5.82 Å². The van der Waals surface area contributed by atoms with Crippen molar-refractivity contribution in [3.8, 4) is 11.4 Å². The van der Waals surface area contributed by atoms with Crippen LogP contribution in [0.4, 0.5) is 4.39 Å². The van der Waals surface area contributed by atoms with E-state index in [1.165, 1.54) is 6.07 Å². The van der Waals surface area contributed by atoms with Crippen LogP contribution < -0.4 is 5.73 Å². The Labute approximate surface area is 109 Å². The summed E-state index contributed by atoms with van der Waals surface area (Å²) in [5, 5.41) is 3.73. The first-order chi connectivity index (χ1) is 9.13. The smallest absolute Gasteiger partial charge is 0.274 e. The van der Waals surface area contributed by atoms with E-state index in [0.717, 1.165) is 5.57 Å². The summed E-state index contributed by atoms with van der Waals surface area (Å²) in [6, 6.07) is 6.20. The number of hydrogen-bond donors (Lipinski definition) is 1. The predicted molar refractivity (Wildman–Crippen MR) is 68.3 cm³/mol. The van der Waals surface area contributed by atoms with Gasteiger partial charge in [0.25, 0.3) is 5.89 Å². The van der Waals surface area contributed by atoms with E-state index in [4.69, 9.17) is 15.0 Å². The van der Waals surface area contributed by atoms with Crippen LogP contribution in [-0.2, 0) is 4.74 Å².